The van der Waals surface area contributed by atoms with Crippen LogP contribution in [-0.2, 0) is 11.3 Å². The van der Waals surface area contributed by atoms with Gasteiger partial charge in [-0.1, -0.05) is 50.6 Å². The van der Waals surface area contributed by atoms with Crippen LogP contribution in [0.1, 0.15) is 89.2 Å². The summed E-state index contributed by atoms with van der Waals surface area (Å²) < 4.78 is 71.6. The summed E-state index contributed by atoms with van der Waals surface area (Å²) in [5.41, 5.74) is 0.363. The lowest BCUT2D eigenvalue weighted by atomic mass is 9.50. The number of fused-ring (bicyclic) bond motifs is 4. The van der Waals surface area contributed by atoms with Gasteiger partial charge >= 0.3 is 12.1 Å². The van der Waals surface area contributed by atoms with Crippen molar-refractivity contribution in [2.24, 2.45) is 17.3 Å². The van der Waals surface area contributed by atoms with E-state index in [0.29, 0.717) is 25.7 Å². The maximum atomic E-state index is 15.2. The summed E-state index contributed by atoms with van der Waals surface area (Å²) >= 11 is 0. The lowest BCUT2D eigenvalue weighted by Crippen LogP contribution is -2.65. The van der Waals surface area contributed by atoms with Crippen molar-refractivity contribution in [3.05, 3.63) is 58.2 Å². The van der Waals surface area contributed by atoms with Gasteiger partial charge in [0.2, 0.25) is 0 Å². The topological polar surface area (TPSA) is 52.6 Å². The van der Waals surface area contributed by atoms with Crippen LogP contribution in [-0.4, -0.2) is 59.7 Å². The molecule has 1 aromatic rings. The molecular weight excluding hydrogens is 563 g/mol. The van der Waals surface area contributed by atoms with Crippen LogP contribution >= 0.6 is 0 Å². The number of halogens is 5. The number of allylic oxidation sites excluding steroid dienone is 4. The quantitative estimate of drug-likeness (QED) is 0.352. The normalized spacial score (nSPS) is 33.5. The lowest BCUT2D eigenvalue weighted by Gasteiger charge is -2.56. The molecule has 6 rings (SSSR count). The van der Waals surface area contributed by atoms with Gasteiger partial charge in [-0.2, -0.15) is 22.0 Å². The molecule has 4 aliphatic carbocycles. The average Bonchev–Trinajstić information content (AvgIpc) is 3.10. The molecule has 5 atom stereocenters. The molecule has 4 nitrogen and oxygen atoms in total. The highest BCUT2D eigenvalue weighted by atomic mass is 19.4. The molecule has 0 radical (unpaired) electrons. The summed E-state index contributed by atoms with van der Waals surface area (Å²) in [6.45, 7) is 10.1. The second kappa shape index (κ2) is 12.0. The predicted molar refractivity (Wildman–Crippen MR) is 157 cm³/mol. The molecule has 0 amide bonds. The minimum Gasteiger partial charge on any atom is -0.383 e. The Balaban J connectivity index is 0.00000180. The van der Waals surface area contributed by atoms with Crippen molar-refractivity contribution < 1.29 is 31.9 Å². The molecule has 0 bridgehead atoms. The first kappa shape index (κ1) is 32.3. The number of nitrogens with zero attached hydrogens (tertiary/aromatic N) is 1. The molecule has 1 saturated heterocycles. The number of alkyl halides is 5. The second-order valence-electron chi connectivity index (χ2n) is 13.1. The first-order chi connectivity index (χ1) is 20.4. The first-order valence-electron chi connectivity index (χ1n) is 16.0. The summed E-state index contributed by atoms with van der Waals surface area (Å²) in [7, 11) is 0. The highest BCUT2D eigenvalue weighted by Crippen LogP contribution is 2.70. The van der Waals surface area contributed by atoms with Gasteiger partial charge in [0.05, 0.1) is 0 Å². The van der Waals surface area contributed by atoms with Gasteiger partial charge < -0.3 is 10.4 Å². The fraction of sp³-hybridized carbons (Fsp3) is 0.676. The van der Waals surface area contributed by atoms with Crippen LogP contribution in [0.2, 0.25) is 0 Å². The van der Waals surface area contributed by atoms with Crippen LogP contribution in [0, 0.1) is 17.3 Å². The van der Waals surface area contributed by atoms with E-state index < -0.39 is 41.4 Å². The Bertz CT molecular complexity index is 1250. The monoisotopic (exact) mass is 608 g/mol. The van der Waals surface area contributed by atoms with E-state index in [2.05, 4.69) is 10.2 Å². The van der Waals surface area contributed by atoms with Crippen LogP contribution in [0.5, 0.6) is 0 Å². The minimum atomic E-state index is -5.84. The van der Waals surface area contributed by atoms with Crippen molar-refractivity contribution in [2.45, 2.75) is 102 Å². The van der Waals surface area contributed by atoms with Gasteiger partial charge in [-0.25, -0.2) is 0 Å². The van der Waals surface area contributed by atoms with Crippen LogP contribution < -0.4 is 5.32 Å². The summed E-state index contributed by atoms with van der Waals surface area (Å²) in [6.07, 6.45) is -1.39. The van der Waals surface area contributed by atoms with Gasteiger partial charge in [0.25, 0.3) is 0 Å². The zero-order valence-corrected chi connectivity index (χ0v) is 25.5. The van der Waals surface area contributed by atoms with Gasteiger partial charge in [-0.3, -0.25) is 9.69 Å². The molecular formula is C34H45F5N2O2. The number of ketones is 1. The lowest BCUT2D eigenvalue weighted by molar-refractivity contribution is -0.362. The fourth-order valence-corrected chi connectivity index (χ4v) is 8.89. The molecule has 3 fully saturated rings. The standard InChI is InChI=1S/C32H39F5N2O2.C2H6/c1-29-18-26(21-5-3-20(4-6-21)19-39-15-2-13-38-14-16-39)28-24-10-8-23(40)17-22(24)7-9-25(28)27(29)11-12-30(29,41)31(33,34)32(35,36)37;1-2/h3-6,17,25-27,38,41H,2,7-16,18-19H2,1H3;1-2H3/t25?,26-,27?,29+,30+;/m1./s1. The fourth-order valence-electron chi connectivity index (χ4n) is 8.89. The Morgan fingerprint density at radius 2 is 1.72 bits per heavy atom. The van der Waals surface area contributed by atoms with Gasteiger partial charge in [-0.05, 0) is 98.2 Å². The molecule has 1 aliphatic heterocycles. The molecule has 2 saturated carbocycles. The van der Waals surface area contributed by atoms with Crippen molar-refractivity contribution in [2.75, 3.05) is 26.2 Å². The van der Waals surface area contributed by atoms with Crippen LogP contribution in [0.4, 0.5) is 22.0 Å². The molecule has 2 unspecified atom stereocenters. The highest BCUT2D eigenvalue weighted by molar-refractivity contribution is 5.93. The van der Waals surface area contributed by atoms with Crippen molar-refractivity contribution >= 4 is 5.78 Å². The third kappa shape index (κ3) is 5.41. The van der Waals surface area contributed by atoms with Gasteiger partial charge in [0.15, 0.2) is 5.78 Å². The van der Waals surface area contributed by atoms with Crippen molar-refractivity contribution in [1.82, 2.24) is 10.2 Å². The molecule has 0 aromatic heterocycles. The molecule has 5 aliphatic rings. The third-order valence-corrected chi connectivity index (χ3v) is 11.0. The largest absolute Gasteiger partial charge is 0.456 e. The van der Waals surface area contributed by atoms with E-state index in [1.807, 2.05) is 38.1 Å². The third-order valence-electron chi connectivity index (χ3n) is 11.0. The Morgan fingerprint density at radius 3 is 2.42 bits per heavy atom. The molecule has 43 heavy (non-hydrogen) atoms. The van der Waals surface area contributed by atoms with Crippen molar-refractivity contribution in [3.8, 4) is 0 Å². The smallest absolute Gasteiger partial charge is 0.383 e. The summed E-state index contributed by atoms with van der Waals surface area (Å²) in [6, 6.07) is 8.06. The van der Waals surface area contributed by atoms with Crippen molar-refractivity contribution in [3.63, 3.8) is 0 Å². The van der Waals surface area contributed by atoms with Crippen LogP contribution in [0.25, 0.3) is 0 Å². The maximum absolute atomic E-state index is 15.2. The van der Waals surface area contributed by atoms with Gasteiger partial charge in [0, 0.05) is 37.4 Å². The van der Waals surface area contributed by atoms with E-state index in [1.165, 1.54) is 6.92 Å². The number of carbonyl (C=O) groups is 1. The number of carbonyl (C=O) groups excluding carboxylic acids is 1. The number of aliphatic hydroxyl groups is 1. The number of nitrogens with one attached hydrogen (secondary N) is 1. The second-order valence-corrected chi connectivity index (χ2v) is 13.1. The van der Waals surface area contributed by atoms with Gasteiger partial charge in [-0.15, -0.1) is 0 Å². The number of hydrogen-bond acceptors (Lipinski definition) is 4. The SMILES string of the molecule is CC.C[C@]12C[C@H](c3ccc(CN4CCCNCC4)cc3)C3=C4CCC(=O)C=C4CCC3C1CC[C@@]2(O)C(F)(F)C(F)(F)F. The number of benzene rings is 1. The van der Waals surface area contributed by atoms with E-state index in [0.717, 1.165) is 67.0 Å². The molecule has 1 heterocycles. The summed E-state index contributed by atoms with van der Waals surface area (Å²) in [4.78, 5) is 14.6. The zero-order chi connectivity index (χ0) is 31.2. The van der Waals surface area contributed by atoms with E-state index in [-0.39, 0.29) is 24.5 Å². The Morgan fingerprint density at radius 1 is 1.00 bits per heavy atom. The van der Waals surface area contributed by atoms with E-state index in [9.17, 15) is 23.1 Å². The zero-order valence-electron chi connectivity index (χ0n) is 25.5. The van der Waals surface area contributed by atoms with Gasteiger partial charge in [0.1, 0.15) is 5.60 Å². The maximum Gasteiger partial charge on any atom is 0.456 e. The van der Waals surface area contributed by atoms with E-state index >= 15 is 8.78 Å². The van der Waals surface area contributed by atoms with Crippen molar-refractivity contribution in [1.29, 1.82) is 0 Å². The Hall–Kier alpha value is -2.10. The summed E-state index contributed by atoms with van der Waals surface area (Å²) in [5.74, 6) is -6.25. The predicted octanol–water partition coefficient (Wildman–Crippen LogP) is 7.34. The average molecular weight is 609 g/mol. The molecule has 1 aromatic carbocycles. The summed E-state index contributed by atoms with van der Waals surface area (Å²) in [5, 5.41) is 14.8. The van der Waals surface area contributed by atoms with E-state index in [1.54, 1.807) is 6.08 Å². The highest BCUT2D eigenvalue weighted by Gasteiger charge is 2.79. The minimum absolute atomic E-state index is 0.00748. The van der Waals surface area contributed by atoms with Crippen LogP contribution in [0.3, 0.4) is 0 Å². The number of hydrogen-bond donors (Lipinski definition) is 2. The first-order valence-corrected chi connectivity index (χ1v) is 16.0. The molecule has 9 heteroatoms. The molecule has 238 valence electrons. The Labute approximate surface area is 251 Å². The molecule has 2 N–H and O–H groups in total. The number of rotatable bonds is 4. The molecule has 0 spiro atoms. The Kier molecular flexibility index (Phi) is 9.02. The van der Waals surface area contributed by atoms with E-state index in [4.69, 9.17) is 0 Å². The van der Waals surface area contributed by atoms with Crippen LogP contribution in [0.15, 0.2) is 47.1 Å².